The molecule has 0 saturated heterocycles. The van der Waals surface area contributed by atoms with E-state index in [9.17, 15) is 18.3 Å². The van der Waals surface area contributed by atoms with Gasteiger partial charge in [-0.3, -0.25) is 4.79 Å². The Balaban J connectivity index is 1.83. The lowest BCUT2D eigenvalue weighted by Gasteiger charge is -2.06. The number of thiophene rings is 1. The largest absolute Gasteiger partial charge is 0.480 e. The number of sulfone groups is 1. The molecule has 0 atom stereocenters. The second kappa shape index (κ2) is 7.94. The maximum atomic E-state index is 11.7. The molecule has 0 spiro atoms. The van der Waals surface area contributed by atoms with E-state index < -0.39 is 15.8 Å². The summed E-state index contributed by atoms with van der Waals surface area (Å²) in [4.78, 5) is 14.7. The van der Waals surface area contributed by atoms with Crippen molar-refractivity contribution in [3.05, 3.63) is 65.7 Å². The Bertz CT molecular complexity index is 1340. The molecule has 2 aromatic heterocycles. The van der Waals surface area contributed by atoms with Gasteiger partial charge in [-0.15, -0.1) is 11.3 Å². The van der Waals surface area contributed by atoms with Crippen molar-refractivity contribution in [2.45, 2.75) is 28.2 Å². The van der Waals surface area contributed by atoms with E-state index >= 15 is 0 Å². The van der Waals surface area contributed by atoms with Crippen LogP contribution >= 0.6 is 23.1 Å². The lowest BCUT2D eigenvalue weighted by molar-refractivity contribution is -0.137. The fraction of sp³-hybridized carbons (Fsp3) is 0.136. The van der Waals surface area contributed by atoms with Crippen molar-refractivity contribution in [2.75, 3.05) is 6.26 Å². The second-order valence-electron chi connectivity index (χ2n) is 6.95. The molecule has 0 unspecified atom stereocenters. The van der Waals surface area contributed by atoms with Crippen molar-refractivity contribution in [1.82, 2.24) is 4.57 Å². The van der Waals surface area contributed by atoms with Crippen LogP contribution in [-0.4, -0.2) is 30.3 Å². The van der Waals surface area contributed by atoms with Crippen LogP contribution in [0.15, 0.2) is 74.7 Å². The molecule has 0 amide bonds. The molecule has 0 aliphatic heterocycles. The lowest BCUT2D eigenvalue weighted by Crippen LogP contribution is -2.09. The molecule has 4 rings (SSSR count). The van der Waals surface area contributed by atoms with E-state index in [2.05, 4.69) is 12.1 Å². The number of aromatic nitrogens is 1. The van der Waals surface area contributed by atoms with Crippen LogP contribution in [0, 0.1) is 6.92 Å². The highest BCUT2D eigenvalue weighted by Crippen LogP contribution is 2.40. The Morgan fingerprint density at radius 2 is 1.87 bits per heavy atom. The Morgan fingerprint density at radius 1 is 1.13 bits per heavy atom. The predicted molar refractivity (Wildman–Crippen MR) is 121 cm³/mol. The number of hydrogen-bond donors (Lipinski definition) is 1. The molecule has 5 nitrogen and oxygen atoms in total. The van der Waals surface area contributed by atoms with Crippen molar-refractivity contribution in [3.8, 4) is 10.4 Å². The first kappa shape index (κ1) is 20.7. The number of carboxylic acids is 1. The van der Waals surface area contributed by atoms with Crippen LogP contribution in [0.2, 0.25) is 0 Å². The number of rotatable bonds is 6. The van der Waals surface area contributed by atoms with Gasteiger partial charge in [0.15, 0.2) is 9.84 Å². The van der Waals surface area contributed by atoms with E-state index in [0.717, 1.165) is 36.8 Å². The minimum atomic E-state index is -3.25. The van der Waals surface area contributed by atoms with Gasteiger partial charge in [0.25, 0.3) is 0 Å². The van der Waals surface area contributed by atoms with Gasteiger partial charge in [0.1, 0.15) is 6.54 Å². The van der Waals surface area contributed by atoms with Crippen LogP contribution in [0.5, 0.6) is 0 Å². The van der Waals surface area contributed by atoms with Crippen LogP contribution in [-0.2, 0) is 21.2 Å². The molecule has 0 aliphatic rings. The van der Waals surface area contributed by atoms with Gasteiger partial charge in [-0.1, -0.05) is 23.9 Å². The summed E-state index contributed by atoms with van der Waals surface area (Å²) in [5, 5.41) is 12.4. The molecule has 0 saturated carbocycles. The Hall–Kier alpha value is -2.55. The van der Waals surface area contributed by atoms with Crippen molar-refractivity contribution in [2.24, 2.45) is 0 Å². The monoisotopic (exact) mass is 457 g/mol. The fourth-order valence-corrected chi connectivity index (χ4v) is 5.78. The molecule has 4 aromatic rings. The predicted octanol–water partition coefficient (Wildman–Crippen LogP) is 5.32. The minimum Gasteiger partial charge on any atom is -0.480 e. The number of carboxylic acid groups (broad SMARTS) is 1. The molecule has 1 N–H and O–H groups in total. The molecular formula is C22H19NO4S3. The van der Waals surface area contributed by atoms with Crippen molar-refractivity contribution < 1.29 is 18.3 Å². The number of fused-ring (bicyclic) bond motifs is 1. The van der Waals surface area contributed by atoms with E-state index in [1.54, 1.807) is 35.6 Å². The van der Waals surface area contributed by atoms with E-state index in [4.69, 9.17) is 0 Å². The summed E-state index contributed by atoms with van der Waals surface area (Å²) in [5.41, 5.74) is 2.82. The zero-order valence-corrected chi connectivity index (χ0v) is 18.8. The maximum Gasteiger partial charge on any atom is 0.323 e. The summed E-state index contributed by atoms with van der Waals surface area (Å²) in [6.45, 7) is 1.80. The van der Waals surface area contributed by atoms with Gasteiger partial charge in [-0.25, -0.2) is 8.42 Å². The van der Waals surface area contributed by atoms with Crippen molar-refractivity contribution in [3.63, 3.8) is 0 Å². The van der Waals surface area contributed by atoms with Gasteiger partial charge in [0.05, 0.1) is 4.90 Å². The molecule has 8 heteroatoms. The highest BCUT2D eigenvalue weighted by molar-refractivity contribution is 7.99. The van der Waals surface area contributed by atoms with Crippen LogP contribution in [0.3, 0.4) is 0 Å². The van der Waals surface area contributed by atoms with E-state index in [1.165, 1.54) is 18.0 Å². The third kappa shape index (κ3) is 4.03. The molecular weight excluding hydrogens is 438 g/mol. The average Bonchev–Trinajstić information content (AvgIpc) is 3.31. The topological polar surface area (TPSA) is 76.4 Å². The standard InChI is InChI=1S/C22H19NO4S3/c1-14-22(29-16-6-8-17(9-7-16)30(2,26)27)18-12-15(20-4-3-11-28-20)5-10-19(18)23(14)13-21(24)25/h3-12H,13H2,1-2H3,(H,24,25). The number of hydrogen-bond acceptors (Lipinski definition) is 5. The number of benzene rings is 2. The summed E-state index contributed by atoms with van der Waals surface area (Å²) in [6.07, 6.45) is 1.19. The molecule has 0 bridgehead atoms. The van der Waals surface area contributed by atoms with E-state index in [1.807, 2.05) is 35.1 Å². The maximum absolute atomic E-state index is 11.7. The highest BCUT2D eigenvalue weighted by atomic mass is 32.2. The van der Waals surface area contributed by atoms with Gasteiger partial charge in [0, 0.05) is 37.5 Å². The number of nitrogens with zero attached hydrogens (tertiary/aromatic N) is 1. The van der Waals surface area contributed by atoms with Gasteiger partial charge in [0.2, 0.25) is 0 Å². The van der Waals surface area contributed by atoms with Crippen LogP contribution in [0.4, 0.5) is 0 Å². The summed E-state index contributed by atoms with van der Waals surface area (Å²) in [6, 6.07) is 16.9. The highest BCUT2D eigenvalue weighted by Gasteiger charge is 2.18. The van der Waals surface area contributed by atoms with E-state index in [-0.39, 0.29) is 11.4 Å². The first-order valence-electron chi connectivity index (χ1n) is 9.10. The average molecular weight is 458 g/mol. The normalized spacial score (nSPS) is 11.8. The van der Waals surface area contributed by atoms with Gasteiger partial charge >= 0.3 is 5.97 Å². The first-order chi connectivity index (χ1) is 14.2. The molecule has 0 radical (unpaired) electrons. The third-order valence-electron chi connectivity index (χ3n) is 4.84. The molecule has 0 aliphatic carbocycles. The summed E-state index contributed by atoms with van der Waals surface area (Å²) >= 11 is 3.17. The van der Waals surface area contributed by atoms with E-state index in [0.29, 0.717) is 0 Å². The second-order valence-corrected chi connectivity index (χ2v) is 11.0. The van der Waals surface area contributed by atoms with Crippen molar-refractivity contribution in [1.29, 1.82) is 0 Å². The Morgan fingerprint density at radius 3 is 2.47 bits per heavy atom. The first-order valence-corrected chi connectivity index (χ1v) is 12.7. The van der Waals surface area contributed by atoms with Crippen molar-refractivity contribution >= 4 is 49.8 Å². The quantitative estimate of drug-likeness (QED) is 0.424. The zero-order chi connectivity index (χ0) is 21.5. The molecule has 0 fully saturated rings. The smallest absolute Gasteiger partial charge is 0.323 e. The van der Waals surface area contributed by atoms with Gasteiger partial charge < -0.3 is 9.67 Å². The Labute approximate surface area is 182 Å². The number of carbonyl (C=O) groups is 1. The lowest BCUT2D eigenvalue weighted by atomic mass is 10.1. The molecule has 30 heavy (non-hydrogen) atoms. The van der Waals surface area contributed by atoms with Crippen LogP contribution in [0.25, 0.3) is 21.3 Å². The van der Waals surface area contributed by atoms with Crippen LogP contribution < -0.4 is 0 Å². The minimum absolute atomic E-state index is 0.117. The fourth-order valence-electron chi connectivity index (χ4n) is 3.39. The summed E-state index contributed by atoms with van der Waals surface area (Å²) < 4.78 is 25.3. The van der Waals surface area contributed by atoms with Gasteiger partial charge in [-0.2, -0.15) is 0 Å². The SMILES string of the molecule is Cc1c(Sc2ccc(S(C)(=O)=O)cc2)c2cc(-c3cccs3)ccc2n1CC(=O)O. The summed E-state index contributed by atoms with van der Waals surface area (Å²) in [5.74, 6) is -0.897. The number of aliphatic carboxylic acids is 1. The third-order valence-corrected chi connectivity index (χ3v) is 8.11. The molecule has 154 valence electrons. The zero-order valence-electron chi connectivity index (χ0n) is 16.3. The Kier molecular flexibility index (Phi) is 5.48. The van der Waals surface area contributed by atoms with Crippen LogP contribution in [0.1, 0.15) is 5.69 Å². The van der Waals surface area contributed by atoms with Gasteiger partial charge in [-0.05, 0) is 60.3 Å². The summed E-state index contributed by atoms with van der Waals surface area (Å²) in [7, 11) is -3.25. The molecule has 2 heterocycles. The molecule has 2 aromatic carbocycles.